The van der Waals surface area contributed by atoms with Gasteiger partial charge in [0.15, 0.2) is 0 Å². The van der Waals surface area contributed by atoms with E-state index in [-0.39, 0.29) is 75.5 Å². The van der Waals surface area contributed by atoms with Gasteiger partial charge in [0.05, 0.1) is 57.4 Å². The lowest BCUT2D eigenvalue weighted by Gasteiger charge is -2.44. The second kappa shape index (κ2) is 27.7. The SMILES string of the molecule is CC1CN(C(=O)CCCSSCCCC(N)=O)CC(COP(=O)(N(C)C)N2CC(C)OC(COP(=O)(N(C)C)N3CCN(c4nc(OCCOCCN)nc(N(C)CC(N)=O)n4)CC3)C2)O1. The number of ether oxygens (including phenoxy) is 4. The molecule has 66 heavy (non-hydrogen) atoms. The molecule has 4 heterocycles. The topological polar surface area (TPSA) is 280 Å². The molecule has 6 atom stereocenters. The molecule has 3 aliphatic rings. The van der Waals surface area contributed by atoms with Gasteiger partial charge in [0, 0.05) is 90.3 Å². The van der Waals surface area contributed by atoms with Crippen LogP contribution in [-0.2, 0) is 46.8 Å². The van der Waals surface area contributed by atoms with Crippen molar-refractivity contribution in [2.75, 3.05) is 155 Å². The van der Waals surface area contributed by atoms with E-state index >= 15 is 0 Å². The Morgan fingerprint density at radius 2 is 1.33 bits per heavy atom. The van der Waals surface area contributed by atoms with Gasteiger partial charge in [0.2, 0.25) is 29.6 Å². The summed E-state index contributed by atoms with van der Waals surface area (Å²) in [5, 5.41) is 0. The van der Waals surface area contributed by atoms with Crippen molar-refractivity contribution in [3.05, 3.63) is 0 Å². The van der Waals surface area contributed by atoms with Gasteiger partial charge in [0.25, 0.3) is 0 Å². The summed E-state index contributed by atoms with van der Waals surface area (Å²) in [6, 6.07) is 0.0480. The largest absolute Gasteiger partial charge is 0.461 e. The van der Waals surface area contributed by atoms with Crippen LogP contribution in [0.4, 0.5) is 11.9 Å². The number of hydrogen-bond acceptors (Lipinski definition) is 19. The van der Waals surface area contributed by atoms with E-state index in [0.29, 0.717) is 77.8 Å². The molecular formula is C38H73N13O11P2S2. The molecule has 0 aliphatic carbocycles. The first-order chi connectivity index (χ1) is 31.3. The van der Waals surface area contributed by atoms with Crippen molar-refractivity contribution in [2.45, 2.75) is 63.9 Å². The second-order valence-corrected chi connectivity index (χ2v) is 24.5. The average Bonchev–Trinajstić information content (AvgIpc) is 3.27. The van der Waals surface area contributed by atoms with Gasteiger partial charge in [-0.2, -0.15) is 15.0 Å². The van der Waals surface area contributed by atoms with E-state index in [1.807, 2.05) is 18.7 Å². The predicted molar refractivity (Wildman–Crippen MR) is 255 cm³/mol. The molecule has 3 saturated heterocycles. The molecule has 0 radical (unpaired) electrons. The van der Waals surface area contributed by atoms with Gasteiger partial charge in [-0.05, 0) is 54.9 Å². The maximum absolute atomic E-state index is 14.8. The normalized spacial score (nSPS) is 22.9. The number of carbonyl (C=O) groups is 3. The number of nitrogens with zero attached hydrogens (tertiary/aromatic N) is 10. The minimum atomic E-state index is -3.63. The fraction of sp³-hybridized carbons (Fsp3) is 0.842. The van der Waals surface area contributed by atoms with E-state index in [1.54, 1.807) is 80.4 Å². The quantitative estimate of drug-likeness (QED) is 0.0568. The number of primary amides is 2. The van der Waals surface area contributed by atoms with Crippen LogP contribution in [0.3, 0.4) is 0 Å². The van der Waals surface area contributed by atoms with Crippen LogP contribution < -0.4 is 31.7 Å². The van der Waals surface area contributed by atoms with Gasteiger partial charge in [0.1, 0.15) is 6.61 Å². The van der Waals surface area contributed by atoms with Crippen LogP contribution in [0, 0.1) is 0 Å². The zero-order valence-corrected chi connectivity index (χ0v) is 43.0. The summed E-state index contributed by atoms with van der Waals surface area (Å²) in [4.78, 5) is 54.5. The Labute approximate surface area is 397 Å². The molecule has 6 N–H and O–H groups in total. The summed E-state index contributed by atoms with van der Waals surface area (Å²) < 4.78 is 72.4. The Bertz CT molecular complexity index is 1790. The molecule has 24 nitrogen and oxygen atoms in total. The Balaban J connectivity index is 1.33. The minimum absolute atomic E-state index is 0.00450. The number of rotatable bonds is 29. The third-order valence-electron chi connectivity index (χ3n) is 10.5. The zero-order valence-electron chi connectivity index (χ0n) is 39.6. The minimum Gasteiger partial charge on any atom is -0.461 e. The molecule has 0 aromatic carbocycles. The van der Waals surface area contributed by atoms with E-state index in [9.17, 15) is 23.5 Å². The number of aromatic nitrogens is 3. The third kappa shape index (κ3) is 17.5. The summed E-state index contributed by atoms with van der Waals surface area (Å²) in [6.07, 6.45) is 0.593. The second-order valence-electron chi connectivity index (χ2n) is 16.6. The first-order valence-electron chi connectivity index (χ1n) is 22.2. The number of piperazine rings is 1. The van der Waals surface area contributed by atoms with E-state index in [2.05, 4.69) is 15.0 Å². The van der Waals surface area contributed by atoms with Crippen molar-refractivity contribution in [1.29, 1.82) is 0 Å². The number of hydrogen-bond donors (Lipinski definition) is 3. The molecule has 378 valence electrons. The van der Waals surface area contributed by atoms with Crippen molar-refractivity contribution in [3.63, 3.8) is 0 Å². The molecule has 0 saturated carbocycles. The zero-order chi connectivity index (χ0) is 48.4. The van der Waals surface area contributed by atoms with Crippen LogP contribution in [-0.4, -0.2) is 226 Å². The molecule has 6 unspecified atom stereocenters. The molecular weight excluding hydrogens is 941 g/mol. The maximum Gasteiger partial charge on any atom is 0.345 e. The van der Waals surface area contributed by atoms with Crippen LogP contribution in [0.25, 0.3) is 0 Å². The van der Waals surface area contributed by atoms with Crippen molar-refractivity contribution in [1.82, 2.24) is 38.5 Å². The van der Waals surface area contributed by atoms with Gasteiger partial charge in [-0.1, -0.05) is 21.6 Å². The highest BCUT2D eigenvalue weighted by Crippen LogP contribution is 2.55. The van der Waals surface area contributed by atoms with Gasteiger partial charge >= 0.3 is 21.4 Å². The fourth-order valence-corrected chi connectivity index (χ4v) is 13.5. The first-order valence-corrected chi connectivity index (χ1v) is 27.8. The lowest BCUT2D eigenvalue weighted by Crippen LogP contribution is -2.51. The smallest absolute Gasteiger partial charge is 0.345 e. The highest BCUT2D eigenvalue weighted by Gasteiger charge is 2.44. The van der Waals surface area contributed by atoms with Gasteiger partial charge in [-0.25, -0.2) is 18.7 Å². The van der Waals surface area contributed by atoms with Gasteiger partial charge in [-0.3, -0.25) is 23.5 Å². The standard InChI is InChI=1S/C38H73N13O11P2S2/c1-29-22-49(35(54)11-9-21-66-65-20-8-10-33(40)52)24-31(61-29)27-60-64(56,46(5)6)51-23-30(2)62-32(25-51)28-59-63(55,45(3)4)50-15-13-48(14-16-50)37-42-36(47(7)26-34(41)53)43-38(44-37)58-19-18-57-17-12-39/h29-32H,8-28,39H2,1-7H3,(H2,40,52)(H2,41,53). The van der Waals surface area contributed by atoms with Crippen LogP contribution in [0.5, 0.6) is 6.01 Å². The Morgan fingerprint density at radius 3 is 1.92 bits per heavy atom. The summed E-state index contributed by atoms with van der Waals surface area (Å²) in [6.45, 7) is 7.55. The number of carbonyl (C=O) groups excluding carboxylic acids is 3. The molecule has 0 bridgehead atoms. The molecule has 3 amide bonds. The molecule has 0 spiro atoms. The van der Waals surface area contributed by atoms with E-state index in [0.717, 1.165) is 24.3 Å². The fourth-order valence-electron chi connectivity index (χ4n) is 7.33. The summed E-state index contributed by atoms with van der Waals surface area (Å²) >= 11 is 0. The van der Waals surface area contributed by atoms with Crippen LogP contribution in [0.15, 0.2) is 0 Å². The van der Waals surface area contributed by atoms with E-state index in [4.69, 9.17) is 45.2 Å². The van der Waals surface area contributed by atoms with Crippen LogP contribution in [0.2, 0.25) is 0 Å². The number of nitrogens with two attached hydrogens (primary N) is 3. The number of anilines is 2. The van der Waals surface area contributed by atoms with Crippen LogP contribution in [0.1, 0.15) is 39.5 Å². The predicted octanol–water partition coefficient (Wildman–Crippen LogP) is 0.774. The summed E-state index contributed by atoms with van der Waals surface area (Å²) in [7, 11) is 4.58. The molecule has 3 aliphatic heterocycles. The van der Waals surface area contributed by atoms with E-state index in [1.165, 1.54) is 4.90 Å². The maximum atomic E-state index is 14.8. The summed E-state index contributed by atoms with van der Waals surface area (Å²) in [5.74, 6) is 1.34. The summed E-state index contributed by atoms with van der Waals surface area (Å²) in [5.41, 5.74) is 16.1. The molecule has 1 aromatic heterocycles. The van der Waals surface area contributed by atoms with Crippen LogP contribution >= 0.6 is 36.9 Å². The number of likely N-dealkylation sites (N-methyl/N-ethyl adjacent to an activating group) is 1. The first kappa shape index (κ1) is 56.2. The van der Waals surface area contributed by atoms with Crippen molar-refractivity contribution in [2.24, 2.45) is 17.2 Å². The lowest BCUT2D eigenvalue weighted by atomic mass is 10.2. The Hall–Kier alpha value is -2.42. The van der Waals surface area contributed by atoms with Crippen molar-refractivity contribution in [3.8, 4) is 6.01 Å². The molecule has 28 heteroatoms. The van der Waals surface area contributed by atoms with Crippen molar-refractivity contribution < 1.29 is 51.5 Å². The van der Waals surface area contributed by atoms with Gasteiger partial charge in [-0.15, -0.1) is 0 Å². The van der Waals surface area contributed by atoms with Gasteiger partial charge < -0.3 is 59.9 Å². The van der Waals surface area contributed by atoms with Crippen molar-refractivity contribution >= 4 is 66.5 Å². The average molecular weight is 1010 g/mol. The molecule has 4 rings (SSSR count). The Kier molecular flexibility index (Phi) is 23.6. The molecule has 3 fully saturated rings. The lowest BCUT2D eigenvalue weighted by molar-refractivity contribution is -0.146. The highest BCUT2D eigenvalue weighted by molar-refractivity contribution is 8.76. The van der Waals surface area contributed by atoms with E-state index < -0.39 is 33.5 Å². The third-order valence-corrected chi connectivity index (χ3v) is 18.2. The molecule has 1 aromatic rings. The number of amides is 3. The monoisotopic (exact) mass is 1010 g/mol. The Morgan fingerprint density at radius 1 is 0.742 bits per heavy atom. The highest BCUT2D eigenvalue weighted by atomic mass is 33.1. The number of morpholine rings is 2.